The molecule has 6 N–H and O–H groups in total. The first-order valence-electron chi connectivity index (χ1n) is 32.6. The average Bonchev–Trinajstić information content (AvgIpc) is 1.60. The predicted octanol–water partition coefficient (Wildman–Crippen LogP) is 14.0. The van der Waals surface area contributed by atoms with Crippen LogP contribution in [0, 0.1) is 5.41 Å². The molecule has 0 aromatic heterocycles. The number of carbonyl (C=O) groups excluding carboxylic acids is 2. The standard InChI is InChI=1S/C72H94N4O15S4/c1-51(28-37-60-53(3)24-21-42-70(60,4)5)22-19-23-52(2)48-68(78)74-44-15-11-10-14-43-73-67(77)27-13-12-16-45-75-63-38-35-58(94(85,86)87)49-61(63)71(6,7)65(75)40-29-54-25-20-26-55(69(54)91-56-31-33-57(34-32-56)93(82,83)84)30-41-66-72(8,9)62-50-59(95(88,89)90)36-39-64(62)76(66)46-17-18-47-92(79,80)81/h19,22-23,28-41,48-50H,10-18,20-21,24-27,42-47H2,1-9H3,(H5-,73,74,77,78,79,80,81,82,83,84,85,86,87,88,89,90)/p+1. The molecule has 23 heteroatoms. The molecule has 516 valence electrons. The zero-order valence-corrected chi connectivity index (χ0v) is 59.5. The molecule has 2 aliphatic heterocycles. The van der Waals surface area contributed by atoms with E-state index in [9.17, 15) is 61.5 Å². The number of unbranched alkanes of at least 4 members (excludes halogenated alkanes) is 6. The molecule has 0 bridgehead atoms. The van der Waals surface area contributed by atoms with Crippen molar-refractivity contribution in [3.63, 3.8) is 0 Å². The number of rotatable bonds is 31. The highest BCUT2D eigenvalue weighted by Crippen LogP contribution is 2.49. The first-order chi connectivity index (χ1) is 44.5. The quantitative estimate of drug-likeness (QED) is 0.0115. The smallest absolute Gasteiger partial charge is 0.294 e. The summed E-state index contributed by atoms with van der Waals surface area (Å²) in [6.07, 6.45) is 31.2. The molecular formula is C72H95N4O15S4+. The molecule has 2 amide bonds. The minimum absolute atomic E-state index is 0.0393. The number of benzene rings is 3. The van der Waals surface area contributed by atoms with Crippen molar-refractivity contribution in [2.24, 2.45) is 5.41 Å². The van der Waals surface area contributed by atoms with Gasteiger partial charge in [-0.05, 0) is 212 Å². The molecule has 0 atom stereocenters. The van der Waals surface area contributed by atoms with E-state index in [2.05, 4.69) is 61.1 Å². The second-order valence-electron chi connectivity index (χ2n) is 26.9. The van der Waals surface area contributed by atoms with Crippen LogP contribution in [0.2, 0.25) is 0 Å². The summed E-state index contributed by atoms with van der Waals surface area (Å²) in [5.74, 6) is 0.0721. The molecule has 7 rings (SSSR count). The highest BCUT2D eigenvalue weighted by Gasteiger charge is 2.45. The molecular weight excluding hydrogens is 1290 g/mol. The number of nitrogens with one attached hydrogen (secondary N) is 2. The molecule has 0 saturated carbocycles. The van der Waals surface area contributed by atoms with Gasteiger partial charge in [0.1, 0.15) is 18.1 Å². The van der Waals surface area contributed by atoms with Crippen LogP contribution in [0.3, 0.4) is 0 Å². The minimum atomic E-state index is -4.59. The number of hydrogen-bond acceptors (Lipinski definition) is 12. The van der Waals surface area contributed by atoms with Gasteiger partial charge in [0.15, 0.2) is 5.71 Å². The van der Waals surface area contributed by atoms with Crippen LogP contribution in [0.25, 0.3) is 0 Å². The predicted molar refractivity (Wildman–Crippen MR) is 374 cm³/mol. The van der Waals surface area contributed by atoms with Crippen molar-refractivity contribution >= 4 is 69.4 Å². The Morgan fingerprint density at radius 2 is 1.27 bits per heavy atom. The lowest BCUT2D eigenvalue weighted by Crippen LogP contribution is -2.28. The summed E-state index contributed by atoms with van der Waals surface area (Å²) in [6.45, 7) is 20.5. The van der Waals surface area contributed by atoms with Gasteiger partial charge in [0.25, 0.3) is 40.5 Å². The molecule has 2 aliphatic carbocycles. The van der Waals surface area contributed by atoms with Crippen molar-refractivity contribution in [1.82, 2.24) is 10.6 Å². The van der Waals surface area contributed by atoms with E-state index in [0.717, 1.165) is 65.8 Å². The van der Waals surface area contributed by atoms with Crippen molar-refractivity contribution in [3.05, 3.63) is 177 Å². The highest BCUT2D eigenvalue weighted by atomic mass is 32.2. The van der Waals surface area contributed by atoms with Gasteiger partial charge in [0, 0.05) is 73.1 Å². The Kier molecular flexibility index (Phi) is 25.5. The number of amides is 2. The summed E-state index contributed by atoms with van der Waals surface area (Å²) >= 11 is 0. The van der Waals surface area contributed by atoms with E-state index >= 15 is 0 Å². The molecule has 0 radical (unpaired) electrons. The molecule has 3 aromatic rings. The lowest BCUT2D eigenvalue weighted by molar-refractivity contribution is -0.438. The molecule has 19 nitrogen and oxygen atoms in total. The average molecular weight is 1380 g/mol. The van der Waals surface area contributed by atoms with Crippen LogP contribution in [-0.2, 0) is 60.9 Å². The number of hydrogen-bond donors (Lipinski definition) is 6. The van der Waals surface area contributed by atoms with Gasteiger partial charge >= 0.3 is 0 Å². The third-order valence-corrected chi connectivity index (χ3v) is 21.6. The third kappa shape index (κ3) is 20.8. The van der Waals surface area contributed by atoms with Crippen molar-refractivity contribution in [2.45, 2.75) is 191 Å². The van der Waals surface area contributed by atoms with Crippen LogP contribution in [0.15, 0.2) is 181 Å². The minimum Gasteiger partial charge on any atom is -0.457 e. The molecule has 3 aromatic carbocycles. The van der Waals surface area contributed by atoms with Gasteiger partial charge < -0.3 is 20.3 Å². The van der Waals surface area contributed by atoms with E-state index < -0.39 is 57.1 Å². The third-order valence-electron chi connectivity index (χ3n) is 18.2. The Labute approximate surface area is 563 Å². The SMILES string of the molecule is CC(C=CC1=C(C)CCCC1(C)C)=CC=CC(C)=CC(=O)NCCCCCCNC(=O)CCCCC[N+]1=C(C=CC2=C(Oc3ccc(S(=O)(=O)O)cc3)C(=CC=C3N(CCCCS(=O)(=O)O)c4ccc(S(=O)(=O)O)cc4C3(C)C)CCC2)C(C)(C)c2cc(S(=O)(=O)O)ccc21. The van der Waals surface area contributed by atoms with E-state index in [1.807, 2.05) is 76.0 Å². The Bertz CT molecular complexity index is 4180. The monoisotopic (exact) mass is 1380 g/mol. The van der Waals surface area contributed by atoms with Gasteiger partial charge in [-0.15, -0.1) is 0 Å². The molecule has 4 aliphatic rings. The summed E-state index contributed by atoms with van der Waals surface area (Å²) < 4.78 is 145. The highest BCUT2D eigenvalue weighted by molar-refractivity contribution is 7.86. The van der Waals surface area contributed by atoms with Gasteiger partial charge in [-0.3, -0.25) is 27.8 Å². The van der Waals surface area contributed by atoms with Crippen LogP contribution in [-0.4, -0.2) is 106 Å². The summed E-state index contributed by atoms with van der Waals surface area (Å²) in [5, 5.41) is 6.01. The maximum atomic E-state index is 13.0. The van der Waals surface area contributed by atoms with E-state index in [-0.39, 0.29) is 50.6 Å². The molecule has 0 spiro atoms. The zero-order chi connectivity index (χ0) is 69.7. The van der Waals surface area contributed by atoms with Crippen LogP contribution in [0.4, 0.5) is 11.4 Å². The normalized spacial score (nSPS) is 18.7. The topological polar surface area (TPSA) is 291 Å². The van der Waals surface area contributed by atoms with Gasteiger partial charge in [-0.2, -0.15) is 38.2 Å². The van der Waals surface area contributed by atoms with Gasteiger partial charge in [0.2, 0.25) is 17.5 Å². The van der Waals surface area contributed by atoms with Gasteiger partial charge in [-0.25, -0.2) is 0 Å². The Morgan fingerprint density at radius 3 is 1.93 bits per heavy atom. The molecule has 2 heterocycles. The lowest BCUT2D eigenvalue weighted by Gasteiger charge is -2.32. The number of ether oxygens (including phenoxy) is 1. The molecule has 0 fully saturated rings. The fraction of sp³-hybridized carbons (Fsp3) is 0.458. The van der Waals surface area contributed by atoms with E-state index in [4.69, 9.17) is 4.74 Å². The first-order valence-corrected chi connectivity index (χ1v) is 38.6. The second-order valence-corrected chi connectivity index (χ2v) is 32.7. The Hall–Kier alpha value is -6.83. The Balaban J connectivity index is 1.02. The van der Waals surface area contributed by atoms with Crippen LogP contribution < -0.4 is 20.3 Å². The summed E-state index contributed by atoms with van der Waals surface area (Å²) in [7, 11) is -17.9. The maximum absolute atomic E-state index is 13.0. The molecule has 0 saturated heterocycles. The largest absolute Gasteiger partial charge is 0.457 e. The molecule has 0 unspecified atom stereocenters. The Morgan fingerprint density at radius 1 is 0.642 bits per heavy atom. The maximum Gasteiger partial charge on any atom is 0.294 e. The number of allylic oxidation sites excluding steroid dienone is 16. The van der Waals surface area contributed by atoms with E-state index in [0.29, 0.717) is 99.3 Å². The lowest BCUT2D eigenvalue weighted by atomic mass is 9.72. The van der Waals surface area contributed by atoms with Gasteiger partial charge in [-0.1, -0.05) is 88.1 Å². The van der Waals surface area contributed by atoms with Crippen LogP contribution >= 0.6 is 0 Å². The summed E-state index contributed by atoms with van der Waals surface area (Å²) in [5.41, 5.74) is 9.05. The van der Waals surface area contributed by atoms with Crippen molar-refractivity contribution in [2.75, 3.05) is 36.8 Å². The van der Waals surface area contributed by atoms with Gasteiger partial charge in [0.05, 0.1) is 25.9 Å². The fourth-order valence-corrected chi connectivity index (χ4v) is 15.0. The number of nitrogens with zero attached hydrogens (tertiary/aromatic N) is 2. The van der Waals surface area contributed by atoms with E-state index in [1.54, 1.807) is 18.2 Å². The summed E-state index contributed by atoms with van der Waals surface area (Å²) in [6, 6.07) is 14.1. The number of fused-ring (bicyclic) bond motifs is 2. The number of carbonyl (C=O) groups is 2. The van der Waals surface area contributed by atoms with E-state index in [1.165, 1.54) is 72.5 Å². The van der Waals surface area contributed by atoms with Crippen molar-refractivity contribution in [1.29, 1.82) is 0 Å². The van der Waals surface area contributed by atoms with Crippen molar-refractivity contribution in [3.8, 4) is 5.75 Å². The number of anilines is 1. The molecule has 95 heavy (non-hydrogen) atoms. The van der Waals surface area contributed by atoms with Crippen molar-refractivity contribution < 1.29 is 70.8 Å². The zero-order valence-electron chi connectivity index (χ0n) is 56.2. The summed E-state index contributed by atoms with van der Waals surface area (Å²) in [4.78, 5) is 26.6. The first kappa shape index (κ1) is 75.5. The second kappa shape index (κ2) is 32.0. The van der Waals surface area contributed by atoms with Crippen LogP contribution in [0.1, 0.15) is 176 Å². The van der Waals surface area contributed by atoms with Crippen LogP contribution in [0.5, 0.6) is 5.75 Å². The fourth-order valence-electron chi connectivity index (χ4n) is 13.0.